The van der Waals surface area contributed by atoms with E-state index in [0.29, 0.717) is 24.5 Å². The lowest BCUT2D eigenvalue weighted by molar-refractivity contribution is -0.123. The van der Waals surface area contributed by atoms with Crippen molar-refractivity contribution in [2.45, 2.75) is 19.3 Å². The van der Waals surface area contributed by atoms with E-state index in [1.54, 1.807) is 24.3 Å². The molecule has 21 heavy (non-hydrogen) atoms. The maximum absolute atomic E-state index is 11.7. The Labute approximate surface area is 124 Å². The zero-order valence-corrected chi connectivity index (χ0v) is 11.9. The van der Waals surface area contributed by atoms with E-state index < -0.39 is 0 Å². The van der Waals surface area contributed by atoms with E-state index in [1.807, 2.05) is 0 Å². The first-order valence-corrected chi connectivity index (χ1v) is 7.19. The molecule has 0 spiro atoms. The van der Waals surface area contributed by atoms with E-state index in [4.69, 9.17) is 10.5 Å². The average Bonchev–Trinajstić information content (AvgIpc) is 3.30. The third-order valence-corrected chi connectivity index (χ3v) is 3.12. The second-order valence-electron chi connectivity index (χ2n) is 5.07. The summed E-state index contributed by atoms with van der Waals surface area (Å²) in [6.07, 6.45) is 2.67. The van der Waals surface area contributed by atoms with Crippen LogP contribution in [-0.4, -0.2) is 31.5 Å². The Kier molecular flexibility index (Phi) is 5.57. The summed E-state index contributed by atoms with van der Waals surface area (Å²) >= 11 is 0. The number of anilines is 1. The number of hydrogen-bond donors (Lipinski definition) is 3. The molecule has 0 atom stereocenters. The molecule has 2 amide bonds. The predicted molar refractivity (Wildman–Crippen MR) is 80.0 cm³/mol. The van der Waals surface area contributed by atoms with Crippen LogP contribution >= 0.6 is 0 Å². The minimum absolute atomic E-state index is 0.0478. The van der Waals surface area contributed by atoms with Crippen molar-refractivity contribution in [2.24, 2.45) is 11.7 Å². The van der Waals surface area contributed by atoms with Crippen molar-refractivity contribution in [3.8, 4) is 5.75 Å². The molecule has 0 saturated heterocycles. The lowest BCUT2D eigenvalue weighted by Gasteiger charge is -2.09. The van der Waals surface area contributed by atoms with Crippen LogP contribution in [-0.2, 0) is 9.59 Å². The molecule has 6 nitrogen and oxygen atoms in total. The molecule has 0 bridgehead atoms. The van der Waals surface area contributed by atoms with Crippen LogP contribution in [0.3, 0.4) is 0 Å². The summed E-state index contributed by atoms with van der Waals surface area (Å²) in [5.74, 6) is 0.572. The van der Waals surface area contributed by atoms with Crippen LogP contribution in [0.15, 0.2) is 24.3 Å². The second kappa shape index (κ2) is 7.64. The third-order valence-electron chi connectivity index (χ3n) is 3.12. The van der Waals surface area contributed by atoms with Gasteiger partial charge < -0.3 is 21.1 Å². The highest BCUT2D eigenvalue weighted by Crippen LogP contribution is 2.30. The number of carbonyl (C=O) groups is 2. The maximum Gasteiger partial charge on any atom is 0.257 e. The number of ether oxygens (including phenoxy) is 1. The Balaban J connectivity index is 1.77. The quantitative estimate of drug-likeness (QED) is 0.620. The highest BCUT2D eigenvalue weighted by molar-refractivity contribution is 5.94. The van der Waals surface area contributed by atoms with E-state index in [-0.39, 0.29) is 24.3 Å². The Hall–Kier alpha value is -2.08. The van der Waals surface area contributed by atoms with Crippen LogP contribution in [0.25, 0.3) is 0 Å². The first-order chi connectivity index (χ1) is 10.2. The van der Waals surface area contributed by atoms with Gasteiger partial charge in [-0.15, -0.1) is 0 Å². The van der Waals surface area contributed by atoms with Gasteiger partial charge in [0.1, 0.15) is 5.75 Å². The van der Waals surface area contributed by atoms with Crippen molar-refractivity contribution in [1.29, 1.82) is 0 Å². The molecule has 1 fully saturated rings. The van der Waals surface area contributed by atoms with E-state index in [9.17, 15) is 9.59 Å². The molecule has 6 heteroatoms. The summed E-state index contributed by atoms with van der Waals surface area (Å²) in [5, 5.41) is 5.55. The Morgan fingerprint density at radius 1 is 1.33 bits per heavy atom. The van der Waals surface area contributed by atoms with Gasteiger partial charge >= 0.3 is 0 Å². The van der Waals surface area contributed by atoms with Crippen LogP contribution < -0.4 is 21.1 Å². The zero-order chi connectivity index (χ0) is 15.1. The molecular formula is C15H21N3O3. The molecule has 1 aromatic rings. The fourth-order valence-electron chi connectivity index (χ4n) is 1.78. The summed E-state index contributed by atoms with van der Waals surface area (Å²) in [6, 6.07) is 7.05. The van der Waals surface area contributed by atoms with Crippen LogP contribution in [0.1, 0.15) is 19.3 Å². The highest BCUT2D eigenvalue weighted by atomic mass is 16.5. The molecule has 114 valence electrons. The molecule has 2 rings (SSSR count). The standard InChI is InChI=1S/C15H21N3O3/c16-7-2-8-17-14(19)10-21-13-4-1-3-12(9-13)18-15(20)11-5-6-11/h1,3-4,9,11H,2,5-8,10,16H2,(H,17,19)(H,18,20). The molecule has 1 aliphatic carbocycles. The van der Waals surface area contributed by atoms with Crippen LogP contribution in [0.4, 0.5) is 5.69 Å². The number of hydrogen-bond acceptors (Lipinski definition) is 4. The van der Waals surface area contributed by atoms with Crippen molar-refractivity contribution in [1.82, 2.24) is 5.32 Å². The second-order valence-corrected chi connectivity index (χ2v) is 5.07. The predicted octanol–water partition coefficient (Wildman–Crippen LogP) is 0.879. The van der Waals surface area contributed by atoms with Crippen molar-refractivity contribution >= 4 is 17.5 Å². The van der Waals surface area contributed by atoms with Gasteiger partial charge in [0.25, 0.3) is 5.91 Å². The van der Waals surface area contributed by atoms with Crippen molar-refractivity contribution in [3.05, 3.63) is 24.3 Å². The topological polar surface area (TPSA) is 93.4 Å². The van der Waals surface area contributed by atoms with Gasteiger partial charge in [-0.25, -0.2) is 0 Å². The van der Waals surface area contributed by atoms with Gasteiger partial charge in [-0.3, -0.25) is 9.59 Å². The SMILES string of the molecule is NCCCNC(=O)COc1cccc(NC(=O)C2CC2)c1. The number of carbonyl (C=O) groups excluding carboxylic acids is 2. The molecule has 1 saturated carbocycles. The molecule has 0 aliphatic heterocycles. The minimum Gasteiger partial charge on any atom is -0.484 e. The Morgan fingerprint density at radius 2 is 2.14 bits per heavy atom. The normalized spacial score (nSPS) is 13.6. The summed E-state index contributed by atoms with van der Waals surface area (Å²) in [4.78, 5) is 23.2. The number of nitrogens with two attached hydrogens (primary N) is 1. The molecule has 4 N–H and O–H groups in total. The zero-order valence-electron chi connectivity index (χ0n) is 11.9. The third kappa shape index (κ3) is 5.43. The van der Waals surface area contributed by atoms with E-state index in [0.717, 1.165) is 19.3 Å². The smallest absolute Gasteiger partial charge is 0.257 e. The van der Waals surface area contributed by atoms with Gasteiger partial charge in [-0.05, 0) is 37.9 Å². The molecule has 0 aromatic heterocycles. The largest absolute Gasteiger partial charge is 0.484 e. The van der Waals surface area contributed by atoms with Gasteiger partial charge in [0.05, 0.1) is 0 Å². The number of rotatable bonds is 8. The molecule has 1 aliphatic rings. The van der Waals surface area contributed by atoms with Crippen molar-refractivity contribution in [2.75, 3.05) is 25.0 Å². The maximum atomic E-state index is 11.7. The van der Waals surface area contributed by atoms with Crippen LogP contribution in [0, 0.1) is 5.92 Å². The van der Waals surface area contributed by atoms with Gasteiger partial charge in [-0.2, -0.15) is 0 Å². The van der Waals surface area contributed by atoms with Gasteiger partial charge in [-0.1, -0.05) is 6.07 Å². The monoisotopic (exact) mass is 291 g/mol. The fourth-order valence-corrected chi connectivity index (χ4v) is 1.78. The summed E-state index contributed by atoms with van der Waals surface area (Å²) in [6.45, 7) is 1.05. The van der Waals surface area contributed by atoms with Gasteiger partial charge in [0.15, 0.2) is 6.61 Å². The molecule has 0 radical (unpaired) electrons. The van der Waals surface area contributed by atoms with E-state index >= 15 is 0 Å². The number of nitrogens with one attached hydrogen (secondary N) is 2. The highest BCUT2D eigenvalue weighted by Gasteiger charge is 2.29. The number of benzene rings is 1. The van der Waals surface area contributed by atoms with Gasteiger partial charge in [0.2, 0.25) is 5.91 Å². The van der Waals surface area contributed by atoms with E-state index in [2.05, 4.69) is 10.6 Å². The lowest BCUT2D eigenvalue weighted by Crippen LogP contribution is -2.30. The summed E-state index contributed by atoms with van der Waals surface area (Å²) < 4.78 is 5.40. The summed E-state index contributed by atoms with van der Waals surface area (Å²) in [7, 11) is 0. The van der Waals surface area contributed by atoms with Crippen LogP contribution in [0.2, 0.25) is 0 Å². The molecule has 0 unspecified atom stereocenters. The average molecular weight is 291 g/mol. The molecule has 1 aromatic carbocycles. The Bertz CT molecular complexity index is 501. The van der Waals surface area contributed by atoms with Gasteiger partial charge in [0, 0.05) is 24.2 Å². The minimum atomic E-state index is -0.184. The molecular weight excluding hydrogens is 270 g/mol. The fraction of sp³-hybridized carbons (Fsp3) is 0.467. The Morgan fingerprint density at radius 3 is 2.86 bits per heavy atom. The molecule has 0 heterocycles. The van der Waals surface area contributed by atoms with Crippen molar-refractivity contribution in [3.63, 3.8) is 0 Å². The first kappa shape index (κ1) is 15.3. The lowest BCUT2D eigenvalue weighted by atomic mass is 10.3. The first-order valence-electron chi connectivity index (χ1n) is 7.19. The summed E-state index contributed by atoms with van der Waals surface area (Å²) in [5.41, 5.74) is 6.03. The van der Waals surface area contributed by atoms with E-state index in [1.165, 1.54) is 0 Å². The number of amides is 2. The van der Waals surface area contributed by atoms with Crippen LogP contribution in [0.5, 0.6) is 5.75 Å². The van der Waals surface area contributed by atoms with Crippen molar-refractivity contribution < 1.29 is 14.3 Å².